The molecule has 0 radical (unpaired) electrons. The second-order valence-electron chi connectivity index (χ2n) is 4.83. The maximum atomic E-state index is 11.6. The average molecular weight is 339 g/mol. The van der Waals surface area contributed by atoms with Crippen molar-refractivity contribution >= 4 is 46.4 Å². The molecule has 0 bridgehead atoms. The zero-order valence-electron chi connectivity index (χ0n) is 11.9. The normalized spacial score (nSPS) is 14.1. The van der Waals surface area contributed by atoms with E-state index >= 15 is 0 Å². The highest BCUT2D eigenvalue weighted by molar-refractivity contribution is 7.13. The van der Waals surface area contributed by atoms with Crippen LogP contribution in [-0.4, -0.2) is 26.7 Å². The van der Waals surface area contributed by atoms with Crippen LogP contribution in [0.15, 0.2) is 23.8 Å². The third-order valence-corrected chi connectivity index (χ3v) is 4.11. The first kappa shape index (κ1) is 16.4. The van der Waals surface area contributed by atoms with Crippen molar-refractivity contribution in [3.63, 3.8) is 0 Å². The molecule has 0 saturated carbocycles. The Kier molecular flexibility index (Phi) is 5.10. The molecule has 1 fully saturated rings. The number of halogens is 1. The number of likely N-dealkylation sites (tertiary alicyclic amines) is 1. The predicted octanol–water partition coefficient (Wildman–Crippen LogP) is 2.66. The van der Waals surface area contributed by atoms with Crippen LogP contribution in [0.5, 0.6) is 0 Å². The van der Waals surface area contributed by atoms with Gasteiger partial charge in [-0.25, -0.2) is 4.98 Å². The van der Waals surface area contributed by atoms with Crippen molar-refractivity contribution < 1.29 is 9.59 Å². The lowest BCUT2D eigenvalue weighted by Crippen LogP contribution is -2.28. The zero-order chi connectivity index (χ0) is 14.8. The fraction of sp³-hybridized carbons (Fsp3) is 0.286. The average Bonchev–Trinajstić information content (AvgIpc) is 3.03. The molecule has 1 aliphatic rings. The van der Waals surface area contributed by atoms with E-state index in [0.717, 1.165) is 16.4 Å². The monoisotopic (exact) mass is 338 g/mol. The molecule has 0 spiro atoms. The number of carbonyl (C=O) groups is 2. The summed E-state index contributed by atoms with van der Waals surface area (Å²) in [5.41, 5.74) is 2.69. The fourth-order valence-corrected chi connectivity index (χ4v) is 2.82. The first-order valence-electron chi connectivity index (χ1n) is 6.59. The molecule has 3 heterocycles. The van der Waals surface area contributed by atoms with Crippen LogP contribution in [0.25, 0.3) is 0 Å². The summed E-state index contributed by atoms with van der Waals surface area (Å²) in [5.74, 6) is -0.240. The van der Waals surface area contributed by atoms with Crippen LogP contribution < -0.4 is 5.32 Å². The molecule has 116 valence electrons. The molecule has 0 atom stereocenters. The first-order valence-corrected chi connectivity index (χ1v) is 7.46. The summed E-state index contributed by atoms with van der Waals surface area (Å²) in [7, 11) is 0. The van der Waals surface area contributed by atoms with E-state index in [1.54, 1.807) is 12.4 Å². The Morgan fingerprint density at radius 2 is 2.05 bits per heavy atom. The number of imide groups is 1. The number of carbonyl (C=O) groups excluding carboxylic acids is 2. The van der Waals surface area contributed by atoms with Gasteiger partial charge in [0, 0.05) is 24.4 Å². The lowest BCUT2D eigenvalue weighted by Gasteiger charge is -2.11. The van der Waals surface area contributed by atoms with Crippen LogP contribution >= 0.6 is 23.7 Å². The zero-order valence-corrected chi connectivity index (χ0v) is 13.5. The number of nitrogens with zero attached hydrogens (tertiary/aromatic N) is 3. The number of aryl methyl sites for hydroxylation is 1. The van der Waals surface area contributed by atoms with Crippen molar-refractivity contribution in [1.82, 2.24) is 14.9 Å². The Morgan fingerprint density at radius 3 is 2.73 bits per heavy atom. The number of hydrogen-bond donors (Lipinski definition) is 1. The van der Waals surface area contributed by atoms with E-state index in [1.807, 2.05) is 18.4 Å². The lowest BCUT2D eigenvalue weighted by atomic mass is 10.2. The SMILES string of the molecule is Cc1ccncc1Nc1nc(CN2C(=O)CCC2=O)cs1.Cl. The number of hydrogen-bond acceptors (Lipinski definition) is 6. The Labute approximate surface area is 138 Å². The summed E-state index contributed by atoms with van der Waals surface area (Å²) in [4.78, 5) is 32.9. The number of pyridine rings is 1. The Bertz CT molecular complexity index is 688. The van der Waals surface area contributed by atoms with Gasteiger partial charge in [0.2, 0.25) is 11.8 Å². The minimum Gasteiger partial charge on any atom is -0.330 e. The highest BCUT2D eigenvalue weighted by Crippen LogP contribution is 2.24. The molecule has 1 saturated heterocycles. The molecule has 8 heteroatoms. The molecule has 3 rings (SSSR count). The van der Waals surface area contributed by atoms with Gasteiger partial charge in [0.25, 0.3) is 0 Å². The highest BCUT2D eigenvalue weighted by Gasteiger charge is 2.29. The molecule has 0 unspecified atom stereocenters. The van der Waals surface area contributed by atoms with Crippen LogP contribution in [0.2, 0.25) is 0 Å². The van der Waals surface area contributed by atoms with Gasteiger partial charge in [-0.15, -0.1) is 23.7 Å². The van der Waals surface area contributed by atoms with Crippen molar-refractivity contribution in [3.8, 4) is 0 Å². The number of amides is 2. The maximum absolute atomic E-state index is 11.6. The molecule has 2 amide bonds. The lowest BCUT2D eigenvalue weighted by molar-refractivity contribution is -0.139. The van der Waals surface area contributed by atoms with E-state index in [1.165, 1.54) is 16.2 Å². The number of nitrogens with one attached hydrogen (secondary N) is 1. The summed E-state index contributed by atoms with van der Waals surface area (Å²) < 4.78 is 0. The van der Waals surface area contributed by atoms with Gasteiger partial charge < -0.3 is 5.32 Å². The van der Waals surface area contributed by atoms with E-state index in [0.29, 0.717) is 18.5 Å². The summed E-state index contributed by atoms with van der Waals surface area (Å²) in [6.07, 6.45) is 4.09. The van der Waals surface area contributed by atoms with Crippen molar-refractivity contribution in [3.05, 3.63) is 35.1 Å². The summed E-state index contributed by atoms with van der Waals surface area (Å²) in [6, 6.07) is 1.92. The van der Waals surface area contributed by atoms with Crippen LogP contribution in [0.3, 0.4) is 0 Å². The van der Waals surface area contributed by atoms with E-state index in [-0.39, 0.29) is 30.8 Å². The van der Waals surface area contributed by atoms with Gasteiger partial charge in [-0.2, -0.15) is 0 Å². The largest absolute Gasteiger partial charge is 0.330 e. The molecule has 22 heavy (non-hydrogen) atoms. The van der Waals surface area contributed by atoms with Gasteiger partial charge in [-0.1, -0.05) is 0 Å². The summed E-state index contributed by atoms with van der Waals surface area (Å²) in [5, 5.41) is 5.77. The number of anilines is 2. The molecule has 2 aromatic heterocycles. The first-order chi connectivity index (χ1) is 10.1. The van der Waals surface area contributed by atoms with Crippen LogP contribution in [-0.2, 0) is 16.1 Å². The van der Waals surface area contributed by atoms with E-state index < -0.39 is 0 Å². The standard InChI is InChI=1S/C14H14N4O2S.ClH/c1-9-4-5-15-6-11(9)17-14-16-10(8-21-14)7-18-12(19)2-3-13(18)20;/h4-6,8H,2-3,7H2,1H3,(H,16,17);1H. The number of aromatic nitrogens is 2. The van der Waals surface area contributed by atoms with E-state index in [2.05, 4.69) is 15.3 Å². The Morgan fingerprint density at radius 1 is 1.32 bits per heavy atom. The number of rotatable bonds is 4. The second-order valence-corrected chi connectivity index (χ2v) is 5.69. The molecular formula is C14H15ClN4O2S. The third-order valence-electron chi connectivity index (χ3n) is 3.31. The second kappa shape index (κ2) is 6.85. The Balaban J connectivity index is 0.00000176. The summed E-state index contributed by atoms with van der Waals surface area (Å²) in [6.45, 7) is 2.24. The van der Waals surface area contributed by atoms with Crippen LogP contribution in [0.4, 0.5) is 10.8 Å². The molecule has 1 N–H and O–H groups in total. The summed E-state index contributed by atoms with van der Waals surface area (Å²) >= 11 is 1.44. The van der Waals surface area contributed by atoms with Gasteiger partial charge in [0.1, 0.15) is 0 Å². The molecule has 0 aromatic carbocycles. The Hall–Kier alpha value is -1.99. The van der Waals surface area contributed by atoms with Gasteiger partial charge >= 0.3 is 0 Å². The van der Waals surface area contributed by atoms with Crippen molar-refractivity contribution in [1.29, 1.82) is 0 Å². The van der Waals surface area contributed by atoms with Crippen molar-refractivity contribution in [2.45, 2.75) is 26.3 Å². The minimum absolute atomic E-state index is 0. The molecule has 0 aliphatic carbocycles. The van der Waals surface area contributed by atoms with Crippen LogP contribution in [0, 0.1) is 6.92 Å². The molecule has 6 nitrogen and oxygen atoms in total. The smallest absolute Gasteiger partial charge is 0.230 e. The topological polar surface area (TPSA) is 75.2 Å². The van der Waals surface area contributed by atoms with Gasteiger partial charge in [-0.3, -0.25) is 19.5 Å². The van der Waals surface area contributed by atoms with E-state index in [4.69, 9.17) is 0 Å². The third kappa shape index (κ3) is 3.42. The van der Waals surface area contributed by atoms with Gasteiger partial charge in [0.05, 0.1) is 24.1 Å². The minimum atomic E-state index is -0.120. The van der Waals surface area contributed by atoms with Gasteiger partial charge in [-0.05, 0) is 18.6 Å². The molecule has 1 aliphatic heterocycles. The number of thiazole rings is 1. The van der Waals surface area contributed by atoms with Crippen molar-refractivity contribution in [2.24, 2.45) is 0 Å². The quantitative estimate of drug-likeness (QED) is 0.867. The maximum Gasteiger partial charge on any atom is 0.230 e. The highest BCUT2D eigenvalue weighted by atomic mass is 35.5. The fourth-order valence-electron chi connectivity index (χ4n) is 2.11. The molecular weight excluding hydrogens is 324 g/mol. The van der Waals surface area contributed by atoms with Crippen LogP contribution in [0.1, 0.15) is 24.1 Å². The van der Waals surface area contributed by atoms with Gasteiger partial charge in [0.15, 0.2) is 5.13 Å². The van der Waals surface area contributed by atoms with Crippen molar-refractivity contribution in [2.75, 3.05) is 5.32 Å². The van der Waals surface area contributed by atoms with E-state index in [9.17, 15) is 9.59 Å². The molecule has 2 aromatic rings. The predicted molar refractivity (Wildman–Crippen MR) is 86.4 cm³/mol.